The van der Waals surface area contributed by atoms with Gasteiger partial charge in [-0.15, -0.1) is 0 Å². The zero-order valence-electron chi connectivity index (χ0n) is 11.3. The van der Waals surface area contributed by atoms with Gasteiger partial charge in [0.15, 0.2) is 0 Å². The molecule has 0 saturated carbocycles. The molecular formula is C14H22O3S. The molecule has 0 fully saturated rings. The summed E-state index contributed by atoms with van der Waals surface area (Å²) in [6.45, 7) is 6.08. The summed E-state index contributed by atoms with van der Waals surface area (Å²) in [5.74, 6) is 0.705. The van der Waals surface area contributed by atoms with Crippen molar-refractivity contribution in [3.8, 4) is 0 Å². The highest BCUT2D eigenvalue weighted by Crippen LogP contribution is 2.19. The van der Waals surface area contributed by atoms with E-state index in [1.807, 2.05) is 6.07 Å². The van der Waals surface area contributed by atoms with E-state index in [0.29, 0.717) is 11.5 Å². The Morgan fingerprint density at radius 2 is 2.00 bits per heavy atom. The number of benzene rings is 1. The van der Waals surface area contributed by atoms with Gasteiger partial charge in [-0.3, -0.25) is 4.55 Å². The van der Waals surface area contributed by atoms with Crippen LogP contribution in [0.15, 0.2) is 23.1 Å². The number of hydrogen-bond donors (Lipinski definition) is 1. The summed E-state index contributed by atoms with van der Waals surface area (Å²) in [6.07, 6.45) is 4.21. The fourth-order valence-corrected chi connectivity index (χ4v) is 2.71. The van der Waals surface area contributed by atoms with Crippen LogP contribution in [0.1, 0.15) is 44.2 Å². The molecule has 0 heterocycles. The fraction of sp³-hybridized carbons (Fsp3) is 0.571. The molecule has 0 aliphatic heterocycles. The Balaban J connectivity index is 2.74. The van der Waals surface area contributed by atoms with E-state index < -0.39 is 10.1 Å². The summed E-state index contributed by atoms with van der Waals surface area (Å²) in [5, 5.41) is 0. The Morgan fingerprint density at radius 1 is 1.33 bits per heavy atom. The molecular weight excluding hydrogens is 248 g/mol. The first-order valence-electron chi connectivity index (χ1n) is 6.41. The van der Waals surface area contributed by atoms with Crippen molar-refractivity contribution in [2.75, 3.05) is 0 Å². The maximum atomic E-state index is 11.2. The predicted octanol–water partition coefficient (Wildman–Crippen LogP) is 3.61. The largest absolute Gasteiger partial charge is 0.294 e. The second-order valence-electron chi connectivity index (χ2n) is 4.98. The van der Waals surface area contributed by atoms with Crippen LogP contribution in [0.3, 0.4) is 0 Å². The topological polar surface area (TPSA) is 54.4 Å². The van der Waals surface area contributed by atoms with E-state index >= 15 is 0 Å². The zero-order valence-corrected chi connectivity index (χ0v) is 12.1. The molecule has 1 rings (SSSR count). The molecule has 1 aromatic rings. The zero-order chi connectivity index (χ0) is 13.8. The van der Waals surface area contributed by atoms with Crippen LogP contribution in [0.2, 0.25) is 0 Å². The molecule has 0 aromatic heterocycles. The Labute approximate surface area is 110 Å². The van der Waals surface area contributed by atoms with E-state index in [-0.39, 0.29) is 4.90 Å². The van der Waals surface area contributed by atoms with Crippen molar-refractivity contribution in [3.05, 3.63) is 29.3 Å². The maximum absolute atomic E-state index is 11.2. The highest BCUT2D eigenvalue weighted by atomic mass is 32.2. The maximum Gasteiger partial charge on any atom is 0.294 e. The Bertz CT molecular complexity index is 492. The predicted molar refractivity (Wildman–Crippen MR) is 73.4 cm³/mol. The summed E-state index contributed by atoms with van der Waals surface area (Å²) in [6, 6.07) is 5.27. The van der Waals surface area contributed by atoms with E-state index in [1.54, 1.807) is 19.1 Å². The van der Waals surface area contributed by atoms with Crippen LogP contribution in [0, 0.1) is 12.8 Å². The van der Waals surface area contributed by atoms with E-state index in [0.717, 1.165) is 24.8 Å². The first-order chi connectivity index (χ1) is 8.34. The molecule has 3 nitrogen and oxygen atoms in total. The lowest BCUT2D eigenvalue weighted by Crippen LogP contribution is -2.02. The Kier molecular flexibility index (Phi) is 5.35. The van der Waals surface area contributed by atoms with E-state index in [9.17, 15) is 8.42 Å². The van der Waals surface area contributed by atoms with Gasteiger partial charge in [-0.1, -0.05) is 38.8 Å². The molecule has 0 radical (unpaired) electrons. The molecule has 0 aliphatic carbocycles. The highest BCUT2D eigenvalue weighted by Gasteiger charge is 2.13. The molecule has 0 spiro atoms. The summed E-state index contributed by atoms with van der Waals surface area (Å²) in [4.78, 5) is 0.0311. The number of hydrogen-bond acceptors (Lipinski definition) is 2. The van der Waals surface area contributed by atoms with Crippen molar-refractivity contribution in [1.29, 1.82) is 0 Å². The van der Waals surface area contributed by atoms with Gasteiger partial charge in [0.2, 0.25) is 0 Å². The normalized spacial score (nSPS) is 13.6. The highest BCUT2D eigenvalue weighted by molar-refractivity contribution is 7.85. The SMILES string of the molecule is CCC(C)CCCc1ccc(C)c(S(=O)(=O)O)c1. The minimum absolute atomic E-state index is 0.0311. The van der Waals surface area contributed by atoms with Gasteiger partial charge in [-0.25, -0.2) is 0 Å². The van der Waals surface area contributed by atoms with Crippen molar-refractivity contribution in [2.24, 2.45) is 5.92 Å². The second-order valence-corrected chi connectivity index (χ2v) is 6.37. The van der Waals surface area contributed by atoms with Crippen molar-refractivity contribution in [2.45, 2.75) is 51.3 Å². The van der Waals surface area contributed by atoms with Crippen molar-refractivity contribution >= 4 is 10.1 Å². The Hall–Kier alpha value is -0.870. The quantitative estimate of drug-likeness (QED) is 0.803. The molecule has 1 unspecified atom stereocenters. The van der Waals surface area contributed by atoms with Gasteiger partial charge < -0.3 is 0 Å². The minimum Gasteiger partial charge on any atom is -0.282 e. The number of rotatable bonds is 6. The average molecular weight is 270 g/mol. The van der Waals surface area contributed by atoms with Gasteiger partial charge in [-0.05, 0) is 42.9 Å². The van der Waals surface area contributed by atoms with Crippen LogP contribution in [-0.2, 0) is 16.5 Å². The van der Waals surface area contributed by atoms with Crippen LogP contribution in [0.5, 0.6) is 0 Å². The van der Waals surface area contributed by atoms with E-state index in [4.69, 9.17) is 4.55 Å². The van der Waals surface area contributed by atoms with Gasteiger partial charge in [0.05, 0.1) is 4.90 Å². The van der Waals surface area contributed by atoms with Gasteiger partial charge in [0, 0.05) is 0 Å². The second kappa shape index (κ2) is 6.34. The summed E-state index contributed by atoms with van der Waals surface area (Å²) in [7, 11) is -4.10. The van der Waals surface area contributed by atoms with Gasteiger partial charge in [0.1, 0.15) is 0 Å². The number of aryl methyl sites for hydroxylation is 2. The third-order valence-electron chi connectivity index (χ3n) is 3.39. The van der Waals surface area contributed by atoms with Crippen LogP contribution in [-0.4, -0.2) is 13.0 Å². The lowest BCUT2D eigenvalue weighted by Gasteiger charge is -2.09. The van der Waals surface area contributed by atoms with Crippen LogP contribution >= 0.6 is 0 Å². The molecule has 0 saturated heterocycles. The van der Waals surface area contributed by atoms with Crippen LogP contribution in [0.4, 0.5) is 0 Å². The molecule has 0 aliphatic rings. The lowest BCUT2D eigenvalue weighted by molar-refractivity contribution is 0.482. The fourth-order valence-electron chi connectivity index (χ4n) is 1.94. The lowest BCUT2D eigenvalue weighted by atomic mass is 9.99. The van der Waals surface area contributed by atoms with Gasteiger partial charge >= 0.3 is 0 Å². The van der Waals surface area contributed by atoms with Crippen molar-refractivity contribution in [1.82, 2.24) is 0 Å². The first kappa shape index (κ1) is 15.2. The van der Waals surface area contributed by atoms with Crippen LogP contribution < -0.4 is 0 Å². The van der Waals surface area contributed by atoms with Crippen molar-refractivity contribution < 1.29 is 13.0 Å². The summed E-state index contributed by atoms with van der Waals surface area (Å²) < 4.78 is 31.5. The monoisotopic (exact) mass is 270 g/mol. The summed E-state index contributed by atoms with van der Waals surface area (Å²) >= 11 is 0. The molecule has 1 aromatic carbocycles. The summed E-state index contributed by atoms with van der Waals surface area (Å²) in [5.41, 5.74) is 1.56. The first-order valence-corrected chi connectivity index (χ1v) is 7.85. The Morgan fingerprint density at radius 3 is 2.56 bits per heavy atom. The van der Waals surface area contributed by atoms with E-state index in [1.165, 1.54) is 6.42 Å². The third kappa shape index (κ3) is 4.42. The molecule has 1 atom stereocenters. The molecule has 0 bridgehead atoms. The molecule has 1 N–H and O–H groups in total. The molecule has 102 valence electrons. The van der Waals surface area contributed by atoms with Crippen molar-refractivity contribution in [3.63, 3.8) is 0 Å². The van der Waals surface area contributed by atoms with Crippen LogP contribution in [0.25, 0.3) is 0 Å². The molecule has 18 heavy (non-hydrogen) atoms. The minimum atomic E-state index is -4.10. The average Bonchev–Trinajstić information content (AvgIpc) is 2.29. The van der Waals surface area contributed by atoms with Gasteiger partial charge in [-0.2, -0.15) is 8.42 Å². The third-order valence-corrected chi connectivity index (χ3v) is 4.39. The smallest absolute Gasteiger partial charge is 0.282 e. The molecule has 4 heteroatoms. The molecule has 0 amide bonds. The van der Waals surface area contributed by atoms with Gasteiger partial charge in [0.25, 0.3) is 10.1 Å². The standard InChI is InChI=1S/C14H22O3S/c1-4-11(2)6-5-7-13-9-8-12(3)14(10-13)18(15,16)17/h8-11H,4-7H2,1-3H3,(H,15,16,17). The van der Waals surface area contributed by atoms with E-state index in [2.05, 4.69) is 13.8 Å².